The number of nitrogens with zero attached hydrogens (tertiary/aromatic N) is 3. The van der Waals surface area contributed by atoms with Gasteiger partial charge in [-0.05, 0) is 49.4 Å². The van der Waals surface area contributed by atoms with Gasteiger partial charge in [0, 0.05) is 26.4 Å². The topological polar surface area (TPSA) is 81.1 Å². The number of ether oxygens (including phenoxy) is 1. The molecule has 2 aromatic carbocycles. The number of aromatic nitrogens is 3. The van der Waals surface area contributed by atoms with E-state index >= 15 is 0 Å². The minimum atomic E-state index is -0.520. The number of fused-ring (bicyclic) bond motifs is 1. The van der Waals surface area contributed by atoms with Crippen LogP contribution in [0.3, 0.4) is 0 Å². The number of allylic oxidation sites excluding steroid dienone is 1. The monoisotopic (exact) mass is 473 g/mol. The van der Waals surface area contributed by atoms with E-state index in [1.165, 1.54) is 6.33 Å². The maximum absolute atomic E-state index is 13.3. The number of anilines is 2. The van der Waals surface area contributed by atoms with E-state index < -0.39 is 6.04 Å². The second-order valence-corrected chi connectivity index (χ2v) is 7.79. The Labute approximate surface area is 180 Å². The summed E-state index contributed by atoms with van der Waals surface area (Å²) in [5.41, 5.74) is 2.62. The van der Waals surface area contributed by atoms with Gasteiger partial charge in [-0.25, -0.2) is 4.68 Å². The van der Waals surface area contributed by atoms with Crippen LogP contribution < -0.4 is 15.4 Å². The van der Waals surface area contributed by atoms with E-state index in [0.29, 0.717) is 33.7 Å². The highest BCUT2D eigenvalue weighted by Crippen LogP contribution is 2.40. The van der Waals surface area contributed by atoms with Gasteiger partial charge in [-0.15, -0.1) is 0 Å². The Kier molecular flexibility index (Phi) is 5.29. The number of carbonyl (C=O) groups excluding carboxylic acids is 1. The molecule has 1 aromatic heterocycles. The van der Waals surface area contributed by atoms with Crippen LogP contribution >= 0.6 is 27.5 Å². The SMILES string of the molecule is COc1ccc(Br)cc1[C@@H]1C(C(=O)Nc2ccc(Cl)cc2)=C(C)Nc2ncnn21. The van der Waals surface area contributed by atoms with Crippen LogP contribution in [0.25, 0.3) is 0 Å². The average molecular weight is 475 g/mol. The highest BCUT2D eigenvalue weighted by Gasteiger charge is 2.35. The van der Waals surface area contributed by atoms with Gasteiger partial charge in [-0.2, -0.15) is 10.1 Å². The van der Waals surface area contributed by atoms with Crippen LogP contribution in [-0.2, 0) is 4.79 Å². The van der Waals surface area contributed by atoms with Gasteiger partial charge in [-0.3, -0.25) is 4.79 Å². The minimum absolute atomic E-state index is 0.259. The van der Waals surface area contributed by atoms with Gasteiger partial charge in [-0.1, -0.05) is 27.5 Å². The van der Waals surface area contributed by atoms with Gasteiger partial charge in [0.05, 0.1) is 12.7 Å². The lowest BCUT2D eigenvalue weighted by atomic mass is 9.94. The number of hydrogen-bond acceptors (Lipinski definition) is 5. The molecule has 9 heteroatoms. The first kappa shape index (κ1) is 19.5. The molecule has 0 saturated carbocycles. The number of nitrogens with one attached hydrogen (secondary N) is 2. The Bertz CT molecular complexity index is 1110. The Balaban J connectivity index is 1.81. The molecule has 29 heavy (non-hydrogen) atoms. The first-order valence-electron chi connectivity index (χ1n) is 8.75. The van der Waals surface area contributed by atoms with Crippen LogP contribution in [0, 0.1) is 0 Å². The maximum Gasteiger partial charge on any atom is 0.255 e. The molecule has 1 aliphatic heterocycles. The number of halogens is 2. The molecule has 0 fully saturated rings. The summed E-state index contributed by atoms with van der Waals surface area (Å²) in [5.74, 6) is 0.939. The summed E-state index contributed by atoms with van der Waals surface area (Å²) < 4.78 is 8.11. The van der Waals surface area contributed by atoms with Crippen LogP contribution in [0.2, 0.25) is 5.02 Å². The summed E-state index contributed by atoms with van der Waals surface area (Å²) in [4.78, 5) is 17.6. The predicted octanol–water partition coefficient (Wildman–Crippen LogP) is 4.63. The molecule has 0 aliphatic carbocycles. The van der Waals surface area contributed by atoms with Gasteiger partial charge in [0.15, 0.2) is 0 Å². The number of hydrogen-bond donors (Lipinski definition) is 2. The molecule has 3 aromatic rings. The third kappa shape index (κ3) is 3.73. The van der Waals surface area contributed by atoms with Crippen molar-refractivity contribution in [3.63, 3.8) is 0 Å². The fourth-order valence-corrected chi connectivity index (χ4v) is 3.83. The van der Waals surface area contributed by atoms with Crippen molar-refractivity contribution in [3.8, 4) is 5.75 Å². The van der Waals surface area contributed by atoms with Crippen molar-refractivity contribution in [3.05, 3.63) is 75.1 Å². The molecule has 0 radical (unpaired) electrons. The molecule has 7 nitrogen and oxygen atoms in total. The van der Waals surface area contributed by atoms with E-state index in [1.54, 1.807) is 36.1 Å². The Morgan fingerprint density at radius 1 is 1.28 bits per heavy atom. The molecular weight excluding hydrogens is 458 g/mol. The van der Waals surface area contributed by atoms with E-state index in [0.717, 1.165) is 10.0 Å². The Hall–Kier alpha value is -2.84. The number of methoxy groups -OCH3 is 1. The molecule has 1 aliphatic rings. The summed E-state index contributed by atoms with van der Waals surface area (Å²) in [7, 11) is 1.60. The summed E-state index contributed by atoms with van der Waals surface area (Å²) >= 11 is 9.46. The van der Waals surface area contributed by atoms with E-state index in [2.05, 4.69) is 36.6 Å². The highest BCUT2D eigenvalue weighted by molar-refractivity contribution is 9.10. The normalized spacial score (nSPS) is 15.5. The molecule has 148 valence electrons. The molecule has 0 unspecified atom stereocenters. The largest absolute Gasteiger partial charge is 0.496 e. The summed E-state index contributed by atoms with van der Waals surface area (Å²) in [6.07, 6.45) is 1.45. The zero-order chi connectivity index (χ0) is 20.5. The third-order valence-corrected chi connectivity index (χ3v) is 5.37. The zero-order valence-electron chi connectivity index (χ0n) is 15.6. The molecular formula is C20H17BrClN5O2. The molecule has 0 spiro atoms. The van der Waals surface area contributed by atoms with Crippen LogP contribution in [0.5, 0.6) is 5.75 Å². The minimum Gasteiger partial charge on any atom is -0.496 e. The van der Waals surface area contributed by atoms with Gasteiger partial charge < -0.3 is 15.4 Å². The van der Waals surface area contributed by atoms with Gasteiger partial charge in [0.2, 0.25) is 5.95 Å². The Morgan fingerprint density at radius 2 is 2.03 bits per heavy atom. The molecule has 2 N–H and O–H groups in total. The number of amides is 1. The predicted molar refractivity (Wildman–Crippen MR) is 115 cm³/mol. The number of benzene rings is 2. The molecule has 2 heterocycles. The lowest BCUT2D eigenvalue weighted by molar-refractivity contribution is -0.113. The summed E-state index contributed by atoms with van der Waals surface area (Å²) in [5, 5.41) is 11.0. The second kappa shape index (κ2) is 7.88. The van der Waals surface area contributed by atoms with E-state index in [4.69, 9.17) is 16.3 Å². The van der Waals surface area contributed by atoms with Gasteiger partial charge in [0.1, 0.15) is 18.1 Å². The van der Waals surface area contributed by atoms with Crippen molar-refractivity contribution in [2.45, 2.75) is 13.0 Å². The smallest absolute Gasteiger partial charge is 0.255 e. The van der Waals surface area contributed by atoms with Crippen LogP contribution in [0.15, 0.2) is 64.5 Å². The van der Waals surface area contributed by atoms with Gasteiger partial charge in [0.25, 0.3) is 5.91 Å². The van der Waals surface area contributed by atoms with E-state index in [9.17, 15) is 4.79 Å². The van der Waals surface area contributed by atoms with Crippen LogP contribution in [-0.4, -0.2) is 27.8 Å². The standard InChI is InChI=1S/C20H17BrClN5O2/c1-11-17(19(28)26-14-6-4-13(22)5-7-14)18(27-20(25-11)23-10-24-27)15-9-12(21)3-8-16(15)29-2/h3-10,18H,1-2H3,(H,26,28)(H,23,24,25)/t18-/m1/s1. The van der Waals surface area contributed by atoms with Crippen LogP contribution in [0.4, 0.5) is 11.6 Å². The van der Waals surface area contributed by atoms with E-state index in [1.807, 2.05) is 25.1 Å². The number of carbonyl (C=O) groups is 1. The van der Waals surface area contributed by atoms with Crippen molar-refractivity contribution >= 4 is 45.1 Å². The van der Waals surface area contributed by atoms with Crippen LogP contribution in [0.1, 0.15) is 18.5 Å². The molecule has 4 rings (SSSR count). The maximum atomic E-state index is 13.3. The van der Waals surface area contributed by atoms with Crippen molar-refractivity contribution < 1.29 is 9.53 Å². The lowest BCUT2D eigenvalue weighted by Gasteiger charge is -2.29. The quantitative estimate of drug-likeness (QED) is 0.576. The first-order valence-corrected chi connectivity index (χ1v) is 9.92. The molecule has 0 saturated heterocycles. The van der Waals surface area contributed by atoms with Crippen molar-refractivity contribution in [2.24, 2.45) is 0 Å². The highest BCUT2D eigenvalue weighted by atomic mass is 79.9. The molecule has 1 atom stereocenters. The van der Waals surface area contributed by atoms with E-state index in [-0.39, 0.29) is 5.91 Å². The fraction of sp³-hybridized carbons (Fsp3) is 0.150. The molecule has 0 bridgehead atoms. The molecule has 1 amide bonds. The van der Waals surface area contributed by atoms with Crippen molar-refractivity contribution in [1.29, 1.82) is 0 Å². The number of rotatable bonds is 4. The third-order valence-electron chi connectivity index (χ3n) is 4.63. The van der Waals surface area contributed by atoms with Crippen molar-refractivity contribution in [1.82, 2.24) is 14.8 Å². The first-order chi connectivity index (χ1) is 14.0. The summed E-state index contributed by atoms with van der Waals surface area (Å²) in [6.45, 7) is 1.84. The fourth-order valence-electron chi connectivity index (χ4n) is 3.32. The lowest BCUT2D eigenvalue weighted by Crippen LogP contribution is -2.31. The van der Waals surface area contributed by atoms with Gasteiger partial charge >= 0.3 is 0 Å². The zero-order valence-corrected chi connectivity index (χ0v) is 18.0. The average Bonchev–Trinajstić information content (AvgIpc) is 3.16. The second-order valence-electron chi connectivity index (χ2n) is 6.44. The van der Waals surface area contributed by atoms with Crippen molar-refractivity contribution in [2.75, 3.05) is 17.7 Å². The summed E-state index contributed by atoms with van der Waals surface area (Å²) in [6, 6.07) is 12.1. The Morgan fingerprint density at radius 3 is 2.76 bits per heavy atom.